The minimum absolute atomic E-state index is 1.13. The molecule has 0 atom stereocenters. The van der Waals surface area contributed by atoms with E-state index in [1.165, 1.54) is 98.8 Å². The highest BCUT2D eigenvalue weighted by atomic mass is 15.0. The Morgan fingerprint density at radius 3 is 0.710 bits per heavy atom. The van der Waals surface area contributed by atoms with Gasteiger partial charge in [-0.1, -0.05) is 170 Å². The summed E-state index contributed by atoms with van der Waals surface area (Å²) in [6, 6.07) is 95.5. The minimum Gasteiger partial charge on any atom is -0.309 e. The fourth-order valence-corrected chi connectivity index (χ4v) is 11.0. The van der Waals surface area contributed by atoms with Crippen molar-refractivity contribution in [3.8, 4) is 61.6 Å². The van der Waals surface area contributed by atoms with Gasteiger partial charge in [-0.2, -0.15) is 0 Å². The molecule has 3 aromatic heterocycles. The van der Waals surface area contributed by atoms with Crippen LogP contribution < -0.4 is 0 Å². The Balaban J connectivity index is 0.873. The van der Waals surface area contributed by atoms with Gasteiger partial charge in [0.1, 0.15) is 0 Å². The third-order valence-corrected chi connectivity index (χ3v) is 14.2. The van der Waals surface area contributed by atoms with E-state index in [9.17, 15) is 0 Å². The van der Waals surface area contributed by atoms with Gasteiger partial charge in [0.15, 0.2) is 0 Å². The molecule has 0 saturated carbocycles. The summed E-state index contributed by atoms with van der Waals surface area (Å²) >= 11 is 0. The molecule has 0 spiro atoms. The second-order valence-corrected chi connectivity index (χ2v) is 18.1. The van der Waals surface area contributed by atoms with Crippen molar-refractivity contribution >= 4 is 65.4 Å². The fourth-order valence-electron chi connectivity index (χ4n) is 11.0. The molecule has 0 unspecified atom stereocenters. The van der Waals surface area contributed by atoms with Crippen molar-refractivity contribution in [1.29, 1.82) is 0 Å². The maximum Gasteiger partial charge on any atom is 0.0541 e. The highest BCUT2D eigenvalue weighted by Gasteiger charge is 2.17. The van der Waals surface area contributed by atoms with Crippen molar-refractivity contribution in [2.24, 2.45) is 0 Å². The lowest BCUT2D eigenvalue weighted by Crippen LogP contribution is -1.96. The van der Waals surface area contributed by atoms with Gasteiger partial charge in [0, 0.05) is 49.4 Å². The molecule has 0 fully saturated rings. The molecule has 0 amide bonds. The molecule has 0 radical (unpaired) electrons. The van der Waals surface area contributed by atoms with E-state index in [0.29, 0.717) is 0 Å². The van der Waals surface area contributed by atoms with Crippen molar-refractivity contribution in [3.05, 3.63) is 261 Å². The first-order chi connectivity index (χ1) is 34.2. The number of hydrogen-bond donors (Lipinski definition) is 0. The van der Waals surface area contributed by atoms with Gasteiger partial charge in [-0.25, -0.2) is 0 Å². The summed E-state index contributed by atoms with van der Waals surface area (Å²) in [7, 11) is 0. The van der Waals surface area contributed by atoms with Crippen LogP contribution in [0, 0.1) is 0 Å². The molecule has 0 saturated heterocycles. The van der Waals surface area contributed by atoms with Gasteiger partial charge in [0.25, 0.3) is 0 Å². The van der Waals surface area contributed by atoms with Crippen molar-refractivity contribution in [2.45, 2.75) is 0 Å². The number of rotatable bonds is 7. The first-order valence-electron chi connectivity index (χ1n) is 23.7. The molecular weight excluding hydrogens is 835 g/mol. The van der Waals surface area contributed by atoms with E-state index in [1.807, 2.05) is 0 Å². The van der Waals surface area contributed by atoms with Crippen LogP contribution in [0.5, 0.6) is 0 Å². The van der Waals surface area contributed by atoms with E-state index in [-0.39, 0.29) is 0 Å². The van der Waals surface area contributed by atoms with E-state index < -0.39 is 0 Å². The van der Waals surface area contributed by atoms with E-state index in [1.54, 1.807) is 0 Å². The van der Waals surface area contributed by atoms with E-state index in [0.717, 1.165) is 28.2 Å². The number of nitrogens with zero attached hydrogens (tertiary/aromatic N) is 3. The van der Waals surface area contributed by atoms with Crippen LogP contribution in [0.4, 0.5) is 0 Å². The van der Waals surface area contributed by atoms with Gasteiger partial charge in [-0.3, -0.25) is 0 Å². The van der Waals surface area contributed by atoms with E-state index in [2.05, 4.69) is 275 Å². The lowest BCUT2D eigenvalue weighted by atomic mass is 9.94. The third-order valence-electron chi connectivity index (χ3n) is 14.2. The summed E-state index contributed by atoms with van der Waals surface area (Å²) in [5.74, 6) is 0. The maximum atomic E-state index is 2.44. The molecule has 0 N–H and O–H groups in total. The standard InChI is InChI=1S/C66H43N3/c1-7-25-61-55(19-1)56-20-2-8-26-62(56)67(61)52-35-31-44(32-36-52)46-15-13-17-48(39-46)50-41-51(43-54(42-50)69-65-29-11-5-23-59(65)60-24-6-12-30-66(60)69)49-18-14-16-47(40-49)45-33-37-53(38-34-45)68-63-27-9-3-21-57(63)58-22-4-10-28-64(58)68/h1-43H. The fraction of sp³-hybridized carbons (Fsp3) is 0. The van der Waals surface area contributed by atoms with E-state index in [4.69, 9.17) is 0 Å². The number of para-hydroxylation sites is 6. The molecule has 11 aromatic carbocycles. The van der Waals surface area contributed by atoms with Gasteiger partial charge in [0.2, 0.25) is 0 Å². The van der Waals surface area contributed by atoms with Gasteiger partial charge in [0.05, 0.1) is 33.1 Å². The number of hydrogen-bond acceptors (Lipinski definition) is 0. The van der Waals surface area contributed by atoms with Crippen LogP contribution in [-0.2, 0) is 0 Å². The Bertz CT molecular complexity index is 3920. The SMILES string of the molecule is c1cc(-c2ccc(-n3c4ccccc4c4ccccc43)cc2)cc(-c2cc(-c3cccc(-c4ccc(-n5c6ccccc6c6ccccc65)cc4)c3)cc(-n3c4ccccc4c4ccccc43)c2)c1. The average molecular weight is 878 g/mol. The van der Waals surface area contributed by atoms with Gasteiger partial charge in [-0.05, 0) is 136 Å². The molecule has 69 heavy (non-hydrogen) atoms. The normalized spacial score (nSPS) is 11.8. The Morgan fingerprint density at radius 1 is 0.159 bits per heavy atom. The second-order valence-electron chi connectivity index (χ2n) is 18.1. The molecule has 0 aliphatic carbocycles. The van der Waals surface area contributed by atoms with Crippen molar-refractivity contribution in [2.75, 3.05) is 0 Å². The van der Waals surface area contributed by atoms with E-state index >= 15 is 0 Å². The lowest BCUT2D eigenvalue weighted by Gasteiger charge is -2.15. The maximum absolute atomic E-state index is 2.44. The zero-order chi connectivity index (χ0) is 45.4. The molecule has 3 heterocycles. The number of benzene rings is 11. The summed E-state index contributed by atoms with van der Waals surface area (Å²) in [5.41, 5.74) is 20.0. The predicted octanol–water partition coefficient (Wildman–Crippen LogP) is 17.6. The van der Waals surface area contributed by atoms with Gasteiger partial charge >= 0.3 is 0 Å². The zero-order valence-corrected chi connectivity index (χ0v) is 37.7. The third kappa shape index (κ3) is 6.36. The minimum atomic E-state index is 1.13. The predicted molar refractivity (Wildman–Crippen MR) is 291 cm³/mol. The molecule has 0 aliphatic rings. The Kier molecular flexibility index (Phi) is 8.90. The van der Waals surface area contributed by atoms with Crippen LogP contribution in [0.15, 0.2) is 261 Å². The summed E-state index contributed by atoms with van der Waals surface area (Å²) in [4.78, 5) is 0. The van der Waals surface area contributed by atoms with Gasteiger partial charge < -0.3 is 13.7 Å². The molecule has 322 valence electrons. The number of aromatic nitrogens is 3. The molecule has 14 aromatic rings. The van der Waals surface area contributed by atoms with Crippen LogP contribution in [-0.4, -0.2) is 13.7 Å². The molecule has 3 nitrogen and oxygen atoms in total. The largest absolute Gasteiger partial charge is 0.309 e. The van der Waals surface area contributed by atoms with Gasteiger partial charge in [-0.15, -0.1) is 0 Å². The van der Waals surface area contributed by atoms with Crippen LogP contribution in [0.25, 0.3) is 127 Å². The first-order valence-corrected chi connectivity index (χ1v) is 23.7. The highest BCUT2D eigenvalue weighted by molar-refractivity contribution is 6.11. The van der Waals surface area contributed by atoms with Crippen molar-refractivity contribution in [1.82, 2.24) is 13.7 Å². The second kappa shape index (κ2) is 15.7. The summed E-state index contributed by atoms with van der Waals surface area (Å²) in [5, 5.41) is 7.57. The Morgan fingerprint density at radius 2 is 0.406 bits per heavy atom. The number of fused-ring (bicyclic) bond motifs is 9. The van der Waals surface area contributed by atoms with Crippen LogP contribution in [0.2, 0.25) is 0 Å². The Labute approximate surface area is 399 Å². The van der Waals surface area contributed by atoms with Crippen LogP contribution >= 0.6 is 0 Å². The van der Waals surface area contributed by atoms with Crippen molar-refractivity contribution < 1.29 is 0 Å². The molecule has 3 heteroatoms. The zero-order valence-electron chi connectivity index (χ0n) is 37.7. The summed E-state index contributed by atoms with van der Waals surface area (Å²) < 4.78 is 7.19. The highest BCUT2D eigenvalue weighted by Crippen LogP contribution is 2.39. The molecular formula is C66H43N3. The van der Waals surface area contributed by atoms with Crippen molar-refractivity contribution in [3.63, 3.8) is 0 Å². The van der Waals surface area contributed by atoms with Crippen LogP contribution in [0.1, 0.15) is 0 Å². The smallest absolute Gasteiger partial charge is 0.0541 e. The summed E-state index contributed by atoms with van der Waals surface area (Å²) in [6.07, 6.45) is 0. The lowest BCUT2D eigenvalue weighted by molar-refractivity contribution is 1.18. The quantitative estimate of drug-likeness (QED) is 0.152. The molecule has 0 aliphatic heterocycles. The molecule has 14 rings (SSSR count). The Hall–Kier alpha value is -9.18. The summed E-state index contributed by atoms with van der Waals surface area (Å²) in [6.45, 7) is 0. The first kappa shape index (κ1) is 39.0. The molecule has 0 bridgehead atoms. The topological polar surface area (TPSA) is 14.8 Å². The monoisotopic (exact) mass is 877 g/mol. The average Bonchev–Trinajstić information content (AvgIpc) is 4.07. The van der Waals surface area contributed by atoms with Crippen LogP contribution in [0.3, 0.4) is 0 Å².